The summed E-state index contributed by atoms with van der Waals surface area (Å²) in [6.07, 6.45) is -4.45. The van der Waals surface area contributed by atoms with Crippen molar-refractivity contribution in [3.63, 3.8) is 0 Å². The van der Waals surface area contributed by atoms with Gasteiger partial charge in [0.05, 0.1) is 18.8 Å². The van der Waals surface area contributed by atoms with Gasteiger partial charge in [-0.3, -0.25) is 4.79 Å². The maximum atomic E-state index is 12.4. The van der Waals surface area contributed by atoms with Crippen LogP contribution in [0, 0.1) is 0 Å². The van der Waals surface area contributed by atoms with Crippen molar-refractivity contribution in [2.75, 3.05) is 26.4 Å². The van der Waals surface area contributed by atoms with Gasteiger partial charge in [0.25, 0.3) is 5.91 Å². The molecule has 1 amide bonds. The van der Waals surface area contributed by atoms with Gasteiger partial charge in [-0.05, 0) is 24.3 Å². The highest BCUT2D eigenvalue weighted by atomic mass is 19.4. The Hall–Kier alpha value is -2.29. The van der Waals surface area contributed by atoms with Gasteiger partial charge in [0.15, 0.2) is 12.6 Å². The Morgan fingerprint density at radius 2 is 1.96 bits per heavy atom. The number of carboxylic acids is 1. The van der Waals surface area contributed by atoms with Crippen LogP contribution in [0.25, 0.3) is 0 Å². The third kappa shape index (κ3) is 4.35. The number of hydrogen-bond donors (Lipinski definition) is 1. The Labute approximate surface area is 129 Å². The molecule has 1 aliphatic rings. The molecule has 0 radical (unpaired) electrons. The third-order valence-corrected chi connectivity index (χ3v) is 3.28. The second kappa shape index (κ2) is 6.86. The summed E-state index contributed by atoms with van der Waals surface area (Å²) in [7, 11) is 0. The van der Waals surface area contributed by atoms with Crippen molar-refractivity contribution < 1.29 is 37.3 Å². The average molecular weight is 333 g/mol. The molecule has 1 heterocycles. The van der Waals surface area contributed by atoms with Crippen LogP contribution in [0.15, 0.2) is 24.3 Å². The zero-order chi connectivity index (χ0) is 17.0. The molecule has 0 saturated carbocycles. The number of ether oxygens (including phenoxy) is 2. The summed E-state index contributed by atoms with van der Waals surface area (Å²) in [4.78, 5) is 24.2. The Balaban J connectivity index is 1.94. The topological polar surface area (TPSA) is 76.1 Å². The molecule has 1 aromatic carbocycles. The Morgan fingerprint density at radius 1 is 1.30 bits per heavy atom. The van der Waals surface area contributed by atoms with E-state index in [2.05, 4.69) is 0 Å². The number of rotatable bonds is 4. The summed E-state index contributed by atoms with van der Waals surface area (Å²) in [6, 6.07) is 2.80. The number of amides is 1. The quantitative estimate of drug-likeness (QED) is 0.901. The van der Waals surface area contributed by atoms with Crippen molar-refractivity contribution in [3.8, 4) is 5.75 Å². The number of carbonyl (C=O) groups is 2. The van der Waals surface area contributed by atoms with Gasteiger partial charge in [-0.15, -0.1) is 0 Å². The first kappa shape index (κ1) is 17.1. The molecule has 1 N–H and O–H groups in total. The van der Waals surface area contributed by atoms with Crippen LogP contribution >= 0.6 is 0 Å². The van der Waals surface area contributed by atoms with Crippen molar-refractivity contribution in [3.05, 3.63) is 29.8 Å². The minimum atomic E-state index is -4.45. The minimum Gasteiger partial charge on any atom is -0.484 e. The number of hydrogen-bond acceptors (Lipinski definition) is 4. The summed E-state index contributed by atoms with van der Waals surface area (Å²) >= 11 is 0. The van der Waals surface area contributed by atoms with E-state index in [1.807, 2.05) is 0 Å². The Bertz CT molecular complexity index is 573. The number of nitrogens with zero attached hydrogens (tertiary/aromatic N) is 1. The van der Waals surface area contributed by atoms with Gasteiger partial charge in [0.1, 0.15) is 5.75 Å². The molecule has 2 rings (SSSR count). The van der Waals surface area contributed by atoms with Crippen LogP contribution in [0.3, 0.4) is 0 Å². The van der Waals surface area contributed by atoms with E-state index in [0.717, 1.165) is 29.2 Å². The SMILES string of the molecule is O=C(O)[C@H]1COCCN1C(=O)COc1ccc(C(F)(F)F)cc1. The average Bonchev–Trinajstić information content (AvgIpc) is 2.52. The highest BCUT2D eigenvalue weighted by Gasteiger charge is 2.33. The number of benzene rings is 1. The fraction of sp³-hybridized carbons (Fsp3) is 0.429. The van der Waals surface area contributed by atoms with E-state index in [1.54, 1.807) is 0 Å². The first-order chi connectivity index (χ1) is 10.8. The van der Waals surface area contributed by atoms with E-state index in [4.69, 9.17) is 14.6 Å². The molecule has 1 atom stereocenters. The summed E-state index contributed by atoms with van der Waals surface area (Å²) in [5.41, 5.74) is -0.824. The monoisotopic (exact) mass is 333 g/mol. The van der Waals surface area contributed by atoms with Gasteiger partial charge >= 0.3 is 12.1 Å². The van der Waals surface area contributed by atoms with Crippen LogP contribution in [0.5, 0.6) is 5.75 Å². The maximum Gasteiger partial charge on any atom is 0.416 e. The van der Waals surface area contributed by atoms with Gasteiger partial charge in [0, 0.05) is 6.54 Å². The fourth-order valence-corrected chi connectivity index (χ4v) is 2.07. The molecule has 23 heavy (non-hydrogen) atoms. The second-order valence-corrected chi connectivity index (χ2v) is 4.83. The molecule has 1 aromatic rings. The second-order valence-electron chi connectivity index (χ2n) is 4.83. The van der Waals surface area contributed by atoms with Crippen molar-refractivity contribution >= 4 is 11.9 Å². The van der Waals surface area contributed by atoms with Crippen LogP contribution in [0.2, 0.25) is 0 Å². The number of carbonyl (C=O) groups excluding carboxylic acids is 1. The lowest BCUT2D eigenvalue weighted by molar-refractivity contribution is -0.159. The van der Waals surface area contributed by atoms with Crippen LogP contribution in [-0.2, 0) is 20.5 Å². The first-order valence-electron chi connectivity index (χ1n) is 6.69. The molecule has 1 saturated heterocycles. The summed E-state index contributed by atoms with van der Waals surface area (Å²) in [5.74, 6) is -1.67. The maximum absolute atomic E-state index is 12.4. The van der Waals surface area contributed by atoms with E-state index in [-0.39, 0.29) is 25.5 Å². The van der Waals surface area contributed by atoms with Crippen molar-refractivity contribution in [2.45, 2.75) is 12.2 Å². The minimum absolute atomic E-state index is 0.0893. The molecule has 126 valence electrons. The predicted molar refractivity (Wildman–Crippen MR) is 70.9 cm³/mol. The van der Waals surface area contributed by atoms with Gasteiger partial charge in [0.2, 0.25) is 0 Å². The fourth-order valence-electron chi connectivity index (χ4n) is 2.07. The number of morpholine rings is 1. The lowest BCUT2D eigenvalue weighted by Crippen LogP contribution is -2.53. The highest BCUT2D eigenvalue weighted by Crippen LogP contribution is 2.30. The molecule has 0 aliphatic carbocycles. The number of alkyl halides is 3. The molecule has 0 bridgehead atoms. The summed E-state index contributed by atoms with van der Waals surface area (Å²) in [5, 5.41) is 9.03. The lowest BCUT2D eigenvalue weighted by atomic mass is 10.2. The molecular weight excluding hydrogens is 319 g/mol. The zero-order valence-electron chi connectivity index (χ0n) is 11.9. The lowest BCUT2D eigenvalue weighted by Gasteiger charge is -2.32. The molecule has 1 aliphatic heterocycles. The van der Waals surface area contributed by atoms with Crippen LogP contribution < -0.4 is 4.74 Å². The number of halogens is 3. The third-order valence-electron chi connectivity index (χ3n) is 3.28. The predicted octanol–water partition coefficient (Wildman–Crippen LogP) is 1.40. The van der Waals surface area contributed by atoms with E-state index < -0.39 is 36.3 Å². The standard InChI is InChI=1S/C14H14F3NO5/c15-14(16,17)9-1-3-10(4-2-9)23-8-12(19)18-5-6-22-7-11(18)13(20)21/h1-4,11H,5-8H2,(H,20,21)/t11-/m1/s1. The molecule has 9 heteroatoms. The van der Waals surface area contributed by atoms with Crippen molar-refractivity contribution in [1.29, 1.82) is 0 Å². The molecule has 0 aromatic heterocycles. The largest absolute Gasteiger partial charge is 0.484 e. The number of aliphatic carboxylic acids is 1. The molecular formula is C14H14F3NO5. The van der Waals surface area contributed by atoms with E-state index >= 15 is 0 Å². The molecule has 0 spiro atoms. The summed E-state index contributed by atoms with van der Waals surface area (Å²) < 4.78 is 47.4. The van der Waals surface area contributed by atoms with Crippen molar-refractivity contribution in [2.24, 2.45) is 0 Å². The van der Waals surface area contributed by atoms with E-state index in [9.17, 15) is 22.8 Å². The molecule has 0 unspecified atom stereocenters. The number of carboxylic acid groups (broad SMARTS) is 1. The molecule has 6 nitrogen and oxygen atoms in total. The normalized spacial score (nSPS) is 18.6. The van der Waals surface area contributed by atoms with Crippen LogP contribution in [-0.4, -0.2) is 54.3 Å². The zero-order valence-corrected chi connectivity index (χ0v) is 11.9. The Kier molecular flexibility index (Phi) is 5.09. The Morgan fingerprint density at radius 3 is 2.52 bits per heavy atom. The van der Waals surface area contributed by atoms with Crippen LogP contribution in [0.4, 0.5) is 13.2 Å². The van der Waals surface area contributed by atoms with E-state index in [0.29, 0.717) is 0 Å². The van der Waals surface area contributed by atoms with Gasteiger partial charge < -0.3 is 19.5 Å². The van der Waals surface area contributed by atoms with Crippen LogP contribution in [0.1, 0.15) is 5.56 Å². The van der Waals surface area contributed by atoms with Gasteiger partial charge in [-0.1, -0.05) is 0 Å². The van der Waals surface area contributed by atoms with E-state index in [1.165, 1.54) is 0 Å². The van der Waals surface area contributed by atoms with Crippen molar-refractivity contribution in [1.82, 2.24) is 4.90 Å². The smallest absolute Gasteiger partial charge is 0.416 e. The first-order valence-corrected chi connectivity index (χ1v) is 6.69. The van der Waals surface area contributed by atoms with Gasteiger partial charge in [-0.2, -0.15) is 13.2 Å². The van der Waals surface area contributed by atoms with Gasteiger partial charge in [-0.25, -0.2) is 4.79 Å². The highest BCUT2D eigenvalue weighted by molar-refractivity contribution is 5.84. The molecule has 1 fully saturated rings. The summed E-state index contributed by atoms with van der Waals surface area (Å²) in [6.45, 7) is -0.238.